The van der Waals surface area contributed by atoms with Crippen LogP contribution < -0.4 is 5.32 Å². The van der Waals surface area contributed by atoms with Gasteiger partial charge in [0.05, 0.1) is 0 Å². The maximum atomic E-state index is 14.2. The molecule has 2 N–H and O–H groups in total. The highest BCUT2D eigenvalue weighted by Gasteiger charge is 2.37. The summed E-state index contributed by atoms with van der Waals surface area (Å²) in [6, 6.07) is 15.1. The van der Waals surface area contributed by atoms with Crippen molar-refractivity contribution in [3.05, 3.63) is 71.8 Å². The summed E-state index contributed by atoms with van der Waals surface area (Å²) >= 11 is 0. The smallest absolute Gasteiger partial charge is 0.408 e. The third kappa shape index (κ3) is 6.69. The van der Waals surface area contributed by atoms with Gasteiger partial charge in [0, 0.05) is 12.8 Å². The summed E-state index contributed by atoms with van der Waals surface area (Å²) in [5.74, 6) is -4.85. The van der Waals surface area contributed by atoms with Crippen molar-refractivity contribution in [2.24, 2.45) is 0 Å². The summed E-state index contributed by atoms with van der Waals surface area (Å²) in [4.78, 5) is 23.3. The minimum atomic E-state index is -3.30. The molecule has 2 aromatic rings. The van der Waals surface area contributed by atoms with E-state index in [0.717, 1.165) is 0 Å². The van der Waals surface area contributed by atoms with Crippen molar-refractivity contribution in [3.8, 4) is 0 Å². The van der Waals surface area contributed by atoms with Gasteiger partial charge in [-0.3, -0.25) is 0 Å². The van der Waals surface area contributed by atoms with Crippen molar-refractivity contribution in [2.45, 2.75) is 37.8 Å². The molecule has 0 aromatic heterocycles. The number of alkyl carbamates (subject to hydrolysis) is 1. The summed E-state index contributed by atoms with van der Waals surface area (Å²) in [7, 11) is 0. The molecule has 0 fully saturated rings. The Morgan fingerprint density at radius 3 is 2.19 bits per heavy atom. The normalized spacial score (nSPS) is 13.4. The van der Waals surface area contributed by atoms with Crippen LogP contribution in [0.4, 0.5) is 13.6 Å². The summed E-state index contributed by atoms with van der Waals surface area (Å²) in [5, 5.41) is 11.2. The molecule has 144 valence electrons. The lowest BCUT2D eigenvalue weighted by molar-refractivity contribution is -0.142. The first-order valence-electron chi connectivity index (χ1n) is 8.43. The van der Waals surface area contributed by atoms with E-state index in [1.54, 1.807) is 55.5 Å². The van der Waals surface area contributed by atoms with Gasteiger partial charge in [-0.15, -0.1) is 0 Å². The zero-order valence-electron chi connectivity index (χ0n) is 14.8. The van der Waals surface area contributed by atoms with Crippen LogP contribution in [0.5, 0.6) is 0 Å². The van der Waals surface area contributed by atoms with Crippen molar-refractivity contribution in [3.63, 3.8) is 0 Å². The van der Waals surface area contributed by atoms with Gasteiger partial charge in [0.2, 0.25) is 0 Å². The standard InChI is InChI=1S/C20H21F2NO4/c1-14(16-10-6-3-7-11-16)27-19(26)23-17(18(24)25)13-20(21,22)12-15-8-4-2-5-9-15/h2-11,14,17H,12-13H2,1H3,(H,23,26)(H,24,25). The Balaban J connectivity index is 1.96. The van der Waals surface area contributed by atoms with Crippen LogP contribution in [0, 0.1) is 0 Å². The Labute approximate surface area is 156 Å². The van der Waals surface area contributed by atoms with Gasteiger partial charge in [-0.05, 0) is 18.1 Å². The molecule has 7 heteroatoms. The molecule has 2 atom stereocenters. The van der Waals surface area contributed by atoms with E-state index in [9.17, 15) is 23.5 Å². The Morgan fingerprint density at radius 2 is 1.63 bits per heavy atom. The number of carbonyl (C=O) groups is 2. The first-order valence-corrected chi connectivity index (χ1v) is 8.43. The molecule has 0 saturated carbocycles. The van der Waals surface area contributed by atoms with Gasteiger partial charge in [-0.25, -0.2) is 18.4 Å². The summed E-state index contributed by atoms with van der Waals surface area (Å²) in [6.07, 6.45) is -3.36. The zero-order valence-corrected chi connectivity index (χ0v) is 14.8. The monoisotopic (exact) mass is 377 g/mol. The van der Waals surface area contributed by atoms with Crippen molar-refractivity contribution in [2.75, 3.05) is 0 Å². The number of rotatable bonds is 8. The fraction of sp³-hybridized carbons (Fsp3) is 0.300. The van der Waals surface area contributed by atoms with Crippen LogP contribution in [0.1, 0.15) is 30.6 Å². The summed E-state index contributed by atoms with van der Waals surface area (Å²) in [5.41, 5.74) is 1.08. The number of aliphatic carboxylic acids is 1. The van der Waals surface area contributed by atoms with Crippen LogP contribution in [-0.4, -0.2) is 29.1 Å². The third-order valence-corrected chi connectivity index (χ3v) is 3.95. The fourth-order valence-corrected chi connectivity index (χ4v) is 2.59. The molecule has 2 rings (SSSR count). The fourth-order valence-electron chi connectivity index (χ4n) is 2.59. The van der Waals surface area contributed by atoms with E-state index < -0.39 is 43.0 Å². The average Bonchev–Trinajstić information content (AvgIpc) is 2.62. The second-order valence-corrected chi connectivity index (χ2v) is 6.22. The first kappa shape index (κ1) is 20.4. The number of carbonyl (C=O) groups excluding carboxylic acids is 1. The maximum absolute atomic E-state index is 14.2. The molecule has 2 aromatic carbocycles. The molecule has 1 amide bonds. The molecule has 0 aliphatic heterocycles. The van der Waals surface area contributed by atoms with E-state index in [0.29, 0.717) is 11.1 Å². The van der Waals surface area contributed by atoms with Crippen LogP contribution in [0.15, 0.2) is 60.7 Å². The molecule has 27 heavy (non-hydrogen) atoms. The maximum Gasteiger partial charge on any atom is 0.408 e. The van der Waals surface area contributed by atoms with Crippen molar-refractivity contribution < 1.29 is 28.2 Å². The van der Waals surface area contributed by atoms with Crippen LogP contribution in [0.2, 0.25) is 0 Å². The Bertz CT molecular complexity index is 753. The van der Waals surface area contributed by atoms with Gasteiger partial charge in [0.15, 0.2) is 0 Å². The largest absolute Gasteiger partial charge is 0.480 e. The third-order valence-electron chi connectivity index (χ3n) is 3.95. The highest BCUT2D eigenvalue weighted by Crippen LogP contribution is 2.26. The molecule has 0 spiro atoms. The number of halogens is 2. The lowest BCUT2D eigenvalue weighted by Crippen LogP contribution is -2.45. The highest BCUT2D eigenvalue weighted by molar-refractivity contribution is 5.80. The minimum absolute atomic E-state index is 0.381. The van der Waals surface area contributed by atoms with E-state index in [4.69, 9.17) is 4.74 Å². The van der Waals surface area contributed by atoms with E-state index >= 15 is 0 Å². The van der Waals surface area contributed by atoms with Crippen LogP contribution in [-0.2, 0) is 16.0 Å². The van der Waals surface area contributed by atoms with Crippen LogP contribution >= 0.6 is 0 Å². The molecule has 0 radical (unpaired) electrons. The SMILES string of the molecule is CC(OC(=O)NC(CC(F)(F)Cc1ccccc1)C(=O)O)c1ccccc1. The van der Waals surface area contributed by atoms with E-state index in [1.807, 2.05) is 5.32 Å². The number of hydrogen-bond donors (Lipinski definition) is 2. The second kappa shape index (κ2) is 9.12. The Hall–Kier alpha value is -2.96. The predicted molar refractivity (Wildman–Crippen MR) is 95.6 cm³/mol. The van der Waals surface area contributed by atoms with E-state index in [-0.39, 0.29) is 0 Å². The summed E-state index contributed by atoms with van der Waals surface area (Å²) < 4.78 is 33.6. The van der Waals surface area contributed by atoms with Gasteiger partial charge in [-0.2, -0.15) is 0 Å². The molecular weight excluding hydrogens is 356 g/mol. The molecule has 0 saturated heterocycles. The van der Waals surface area contributed by atoms with Gasteiger partial charge >= 0.3 is 12.1 Å². The lowest BCUT2D eigenvalue weighted by atomic mass is 10.0. The molecule has 0 heterocycles. The lowest BCUT2D eigenvalue weighted by Gasteiger charge is -2.22. The molecule has 2 unspecified atom stereocenters. The predicted octanol–water partition coefficient (Wildman–Crippen LogP) is 4.20. The zero-order chi connectivity index (χ0) is 19.9. The number of benzene rings is 2. The quantitative estimate of drug-likeness (QED) is 0.723. The molecule has 0 aliphatic rings. The number of nitrogens with one attached hydrogen (secondary N) is 1. The Kier molecular flexibility index (Phi) is 6.87. The number of amides is 1. The molecular formula is C20H21F2NO4. The minimum Gasteiger partial charge on any atom is -0.480 e. The first-order chi connectivity index (χ1) is 12.8. The average molecular weight is 377 g/mol. The topological polar surface area (TPSA) is 75.6 Å². The van der Waals surface area contributed by atoms with Crippen LogP contribution in [0.3, 0.4) is 0 Å². The van der Waals surface area contributed by atoms with Crippen LogP contribution in [0.25, 0.3) is 0 Å². The molecule has 0 bridgehead atoms. The van der Waals surface area contributed by atoms with E-state index in [1.165, 1.54) is 12.1 Å². The highest BCUT2D eigenvalue weighted by atomic mass is 19.3. The van der Waals surface area contributed by atoms with Crippen molar-refractivity contribution in [1.82, 2.24) is 5.32 Å². The molecule has 0 aliphatic carbocycles. The summed E-state index contributed by atoms with van der Waals surface area (Å²) in [6.45, 7) is 1.61. The van der Waals surface area contributed by atoms with Gasteiger partial charge in [0.1, 0.15) is 12.1 Å². The number of ether oxygens (including phenoxy) is 1. The number of carboxylic acids is 1. The van der Waals surface area contributed by atoms with Gasteiger partial charge in [0.25, 0.3) is 5.92 Å². The van der Waals surface area contributed by atoms with Crippen molar-refractivity contribution in [1.29, 1.82) is 0 Å². The number of hydrogen-bond acceptors (Lipinski definition) is 3. The second-order valence-electron chi connectivity index (χ2n) is 6.22. The Morgan fingerprint density at radius 1 is 1.07 bits per heavy atom. The molecule has 5 nitrogen and oxygen atoms in total. The van der Waals surface area contributed by atoms with Gasteiger partial charge in [-0.1, -0.05) is 60.7 Å². The number of carboxylic acid groups (broad SMARTS) is 1. The van der Waals surface area contributed by atoms with Crippen molar-refractivity contribution >= 4 is 12.1 Å². The van der Waals surface area contributed by atoms with Gasteiger partial charge < -0.3 is 15.2 Å². The van der Waals surface area contributed by atoms with E-state index in [2.05, 4.69) is 0 Å². The number of alkyl halides is 2.